The van der Waals surface area contributed by atoms with Crippen LogP contribution in [0, 0.1) is 0 Å². The number of alkyl carbamates (subject to hydrolysis) is 1. The summed E-state index contributed by atoms with van der Waals surface area (Å²) < 4.78 is 5.05. The fourth-order valence-electron chi connectivity index (χ4n) is 2.94. The Bertz CT molecular complexity index is 724. The number of nitrogens with one attached hydrogen (secondary N) is 2. The minimum atomic E-state index is -1.06. The molecule has 3 amide bonds. The number of nitrogens with zero attached hydrogens (tertiary/aromatic N) is 1. The van der Waals surface area contributed by atoms with Crippen LogP contribution in [-0.4, -0.2) is 58.6 Å². The Morgan fingerprint density at radius 2 is 1.82 bits per heavy atom. The van der Waals surface area contributed by atoms with Crippen molar-refractivity contribution in [2.24, 2.45) is 0 Å². The molecule has 0 saturated carbocycles. The third kappa shape index (κ3) is 5.70. The number of carbonyl (C=O) groups is 4. The Hall–Kier alpha value is -3.10. The molecule has 1 aliphatic rings. The molecule has 1 aromatic carbocycles. The van der Waals surface area contributed by atoms with Crippen LogP contribution in [0.2, 0.25) is 0 Å². The second-order valence-electron chi connectivity index (χ2n) is 6.69. The Morgan fingerprint density at radius 1 is 1.14 bits per heavy atom. The van der Waals surface area contributed by atoms with Gasteiger partial charge in [0.2, 0.25) is 11.8 Å². The van der Waals surface area contributed by atoms with E-state index in [4.69, 9.17) is 4.74 Å². The number of aliphatic carboxylic acids is 1. The molecule has 3 unspecified atom stereocenters. The van der Waals surface area contributed by atoms with Crippen LogP contribution in [0.15, 0.2) is 30.3 Å². The number of carboxylic acids is 1. The highest BCUT2D eigenvalue weighted by Gasteiger charge is 2.36. The zero-order valence-electron chi connectivity index (χ0n) is 15.9. The predicted molar refractivity (Wildman–Crippen MR) is 99.2 cm³/mol. The fourth-order valence-corrected chi connectivity index (χ4v) is 2.94. The van der Waals surface area contributed by atoms with Crippen molar-refractivity contribution in [2.45, 2.75) is 51.4 Å². The van der Waals surface area contributed by atoms with Gasteiger partial charge in [0, 0.05) is 6.54 Å². The Labute approximate surface area is 163 Å². The number of hydrogen-bond acceptors (Lipinski definition) is 5. The Morgan fingerprint density at radius 3 is 2.46 bits per heavy atom. The normalized spacial score (nSPS) is 18.1. The van der Waals surface area contributed by atoms with E-state index in [1.54, 1.807) is 12.1 Å². The maximum Gasteiger partial charge on any atom is 0.408 e. The smallest absolute Gasteiger partial charge is 0.408 e. The van der Waals surface area contributed by atoms with Crippen LogP contribution in [0.1, 0.15) is 32.3 Å². The molecule has 152 valence electrons. The van der Waals surface area contributed by atoms with E-state index in [2.05, 4.69) is 10.6 Å². The number of carboxylic acid groups (broad SMARTS) is 1. The number of amides is 3. The van der Waals surface area contributed by atoms with Crippen molar-refractivity contribution in [2.75, 3.05) is 6.54 Å². The first-order valence-corrected chi connectivity index (χ1v) is 9.10. The average molecular weight is 391 g/mol. The average Bonchev–Trinajstić information content (AvgIpc) is 3.16. The van der Waals surface area contributed by atoms with Crippen LogP contribution >= 0.6 is 0 Å². The maximum absolute atomic E-state index is 12.4. The summed E-state index contributed by atoms with van der Waals surface area (Å²) in [4.78, 5) is 49.0. The molecule has 3 atom stereocenters. The van der Waals surface area contributed by atoms with Crippen LogP contribution < -0.4 is 10.6 Å². The summed E-state index contributed by atoms with van der Waals surface area (Å²) in [5.41, 5.74) is 0.813. The lowest BCUT2D eigenvalue weighted by molar-refractivity contribution is -0.149. The highest BCUT2D eigenvalue weighted by molar-refractivity contribution is 5.92. The molecule has 9 nitrogen and oxygen atoms in total. The first-order chi connectivity index (χ1) is 13.3. The molecule has 1 aliphatic heterocycles. The summed E-state index contributed by atoms with van der Waals surface area (Å²) in [5, 5.41) is 14.1. The van der Waals surface area contributed by atoms with E-state index in [-0.39, 0.29) is 6.61 Å². The van der Waals surface area contributed by atoms with Crippen LogP contribution in [0.4, 0.5) is 4.79 Å². The van der Waals surface area contributed by atoms with Gasteiger partial charge in [0.1, 0.15) is 24.7 Å². The molecular weight excluding hydrogens is 366 g/mol. The Kier molecular flexibility index (Phi) is 7.36. The SMILES string of the molecule is CC(NC(=O)OCc1ccccc1)C(=O)NC(C)C(=O)N1CCCC1C(=O)O. The second-order valence-corrected chi connectivity index (χ2v) is 6.69. The van der Waals surface area contributed by atoms with Gasteiger partial charge in [0.05, 0.1) is 0 Å². The van der Waals surface area contributed by atoms with Crippen molar-refractivity contribution in [3.05, 3.63) is 35.9 Å². The lowest BCUT2D eigenvalue weighted by Crippen LogP contribution is -2.54. The van der Waals surface area contributed by atoms with E-state index >= 15 is 0 Å². The van der Waals surface area contributed by atoms with Crippen molar-refractivity contribution >= 4 is 23.9 Å². The van der Waals surface area contributed by atoms with Crippen LogP contribution in [0.5, 0.6) is 0 Å². The highest BCUT2D eigenvalue weighted by atomic mass is 16.5. The van der Waals surface area contributed by atoms with Crippen LogP contribution in [-0.2, 0) is 25.7 Å². The number of carbonyl (C=O) groups excluding carboxylic acids is 3. The lowest BCUT2D eigenvalue weighted by atomic mass is 10.2. The number of hydrogen-bond donors (Lipinski definition) is 3. The van der Waals surface area contributed by atoms with E-state index in [1.165, 1.54) is 18.7 Å². The summed E-state index contributed by atoms with van der Waals surface area (Å²) in [6.45, 7) is 3.36. The summed E-state index contributed by atoms with van der Waals surface area (Å²) in [7, 11) is 0. The standard InChI is InChI=1S/C19H25N3O6/c1-12(21-19(27)28-11-14-7-4-3-5-8-14)16(23)20-13(2)17(24)22-10-6-9-15(22)18(25)26/h3-5,7-8,12-13,15H,6,9-11H2,1-2H3,(H,20,23)(H,21,27)(H,25,26). The fraction of sp³-hybridized carbons (Fsp3) is 0.474. The molecule has 0 spiro atoms. The van der Waals surface area contributed by atoms with Crippen LogP contribution in [0.25, 0.3) is 0 Å². The second kappa shape index (κ2) is 9.72. The van der Waals surface area contributed by atoms with E-state index in [9.17, 15) is 24.3 Å². The molecule has 3 N–H and O–H groups in total. The van der Waals surface area contributed by atoms with Gasteiger partial charge in [-0.2, -0.15) is 0 Å². The van der Waals surface area contributed by atoms with Gasteiger partial charge < -0.3 is 25.4 Å². The van der Waals surface area contributed by atoms with Crippen molar-refractivity contribution < 1.29 is 29.0 Å². The van der Waals surface area contributed by atoms with Gasteiger partial charge >= 0.3 is 12.1 Å². The van der Waals surface area contributed by atoms with Crippen molar-refractivity contribution in [3.8, 4) is 0 Å². The minimum Gasteiger partial charge on any atom is -0.480 e. The molecule has 0 aliphatic carbocycles. The predicted octanol–water partition coefficient (Wildman–Crippen LogP) is 0.882. The largest absolute Gasteiger partial charge is 0.480 e. The summed E-state index contributed by atoms with van der Waals surface area (Å²) in [6.07, 6.45) is 0.248. The van der Waals surface area contributed by atoms with Gasteiger partial charge in [0.25, 0.3) is 0 Å². The number of rotatable bonds is 7. The van der Waals surface area contributed by atoms with Gasteiger partial charge in [-0.25, -0.2) is 9.59 Å². The summed E-state index contributed by atoms with van der Waals surface area (Å²) >= 11 is 0. The van der Waals surface area contributed by atoms with Crippen LogP contribution in [0.3, 0.4) is 0 Å². The molecule has 1 fully saturated rings. The van der Waals surface area contributed by atoms with Gasteiger partial charge in [-0.15, -0.1) is 0 Å². The topological polar surface area (TPSA) is 125 Å². The monoisotopic (exact) mass is 391 g/mol. The first kappa shape index (κ1) is 21.2. The molecule has 0 radical (unpaired) electrons. The van der Waals surface area contributed by atoms with E-state index in [1.807, 2.05) is 18.2 Å². The van der Waals surface area contributed by atoms with Crippen molar-refractivity contribution in [3.63, 3.8) is 0 Å². The molecule has 1 saturated heterocycles. The molecular formula is C19H25N3O6. The van der Waals surface area contributed by atoms with E-state index in [0.717, 1.165) is 5.56 Å². The van der Waals surface area contributed by atoms with Gasteiger partial charge in [0.15, 0.2) is 0 Å². The zero-order valence-corrected chi connectivity index (χ0v) is 15.9. The summed E-state index contributed by atoms with van der Waals surface area (Å²) in [5.74, 6) is -2.08. The van der Waals surface area contributed by atoms with Crippen molar-refractivity contribution in [1.82, 2.24) is 15.5 Å². The number of likely N-dealkylation sites (tertiary alicyclic amines) is 1. The minimum absolute atomic E-state index is 0.0709. The maximum atomic E-state index is 12.4. The molecule has 1 aromatic rings. The molecule has 0 bridgehead atoms. The van der Waals surface area contributed by atoms with E-state index < -0.39 is 42.0 Å². The summed E-state index contributed by atoms with van der Waals surface area (Å²) in [6, 6.07) is 6.40. The molecule has 0 aromatic heterocycles. The van der Waals surface area contributed by atoms with E-state index in [0.29, 0.717) is 19.4 Å². The molecule has 9 heteroatoms. The quantitative estimate of drug-likeness (QED) is 0.634. The van der Waals surface area contributed by atoms with Gasteiger partial charge in [-0.3, -0.25) is 9.59 Å². The van der Waals surface area contributed by atoms with Gasteiger partial charge in [-0.05, 0) is 32.3 Å². The Balaban J connectivity index is 1.79. The lowest BCUT2D eigenvalue weighted by Gasteiger charge is -2.26. The number of ether oxygens (including phenoxy) is 1. The third-order valence-corrected chi connectivity index (χ3v) is 4.49. The third-order valence-electron chi connectivity index (χ3n) is 4.49. The highest BCUT2D eigenvalue weighted by Crippen LogP contribution is 2.18. The van der Waals surface area contributed by atoms with Crippen molar-refractivity contribution in [1.29, 1.82) is 0 Å². The molecule has 2 rings (SSSR count). The molecule has 1 heterocycles. The molecule has 28 heavy (non-hydrogen) atoms. The van der Waals surface area contributed by atoms with Gasteiger partial charge in [-0.1, -0.05) is 30.3 Å². The first-order valence-electron chi connectivity index (χ1n) is 9.10. The zero-order chi connectivity index (χ0) is 20.7. The number of benzene rings is 1.